The van der Waals surface area contributed by atoms with Crippen molar-refractivity contribution in [2.45, 2.75) is 24.8 Å². The highest BCUT2D eigenvalue weighted by atomic mass is 35.5. The average molecular weight is 532 g/mol. The molecule has 0 aliphatic carbocycles. The number of benzene rings is 3. The van der Waals surface area contributed by atoms with Crippen molar-refractivity contribution in [2.75, 3.05) is 19.9 Å². The fourth-order valence-corrected chi connectivity index (χ4v) is 4.81. The maximum absolute atomic E-state index is 13.5. The van der Waals surface area contributed by atoms with Crippen LogP contribution in [0.3, 0.4) is 0 Å². The molecular formula is C27H28Cl2N2O3S. The summed E-state index contributed by atoms with van der Waals surface area (Å²) >= 11 is 13.8. The molecular weight excluding hydrogens is 503 g/mol. The van der Waals surface area contributed by atoms with Crippen molar-refractivity contribution in [2.24, 2.45) is 0 Å². The first-order valence-electron chi connectivity index (χ1n) is 11.1. The van der Waals surface area contributed by atoms with Crippen LogP contribution in [-0.4, -0.2) is 42.7 Å². The Morgan fingerprint density at radius 1 is 0.943 bits per heavy atom. The van der Waals surface area contributed by atoms with Gasteiger partial charge in [0.05, 0.1) is 22.9 Å². The van der Waals surface area contributed by atoms with Gasteiger partial charge >= 0.3 is 0 Å². The van der Waals surface area contributed by atoms with E-state index in [4.69, 9.17) is 27.9 Å². The Morgan fingerprint density at radius 3 is 2.26 bits per heavy atom. The van der Waals surface area contributed by atoms with E-state index in [1.165, 1.54) is 11.8 Å². The second-order valence-corrected chi connectivity index (χ2v) is 9.73. The third-order valence-electron chi connectivity index (χ3n) is 5.51. The summed E-state index contributed by atoms with van der Waals surface area (Å²) in [5.41, 5.74) is 2.86. The number of likely N-dealkylation sites (N-methyl/N-ethyl adjacent to an activating group) is 1. The molecule has 0 unspecified atom stereocenters. The maximum atomic E-state index is 13.5. The summed E-state index contributed by atoms with van der Waals surface area (Å²) in [6.07, 6.45) is 0.400. The molecule has 2 amide bonds. The predicted octanol–water partition coefficient (Wildman–Crippen LogP) is 5.62. The second kappa shape index (κ2) is 13.4. The first kappa shape index (κ1) is 26.9. The first-order valence-corrected chi connectivity index (χ1v) is 13.0. The molecule has 0 bridgehead atoms. The van der Waals surface area contributed by atoms with Crippen molar-refractivity contribution in [1.29, 1.82) is 0 Å². The summed E-state index contributed by atoms with van der Waals surface area (Å²) in [4.78, 5) is 28.1. The molecule has 0 fully saturated rings. The van der Waals surface area contributed by atoms with E-state index in [0.29, 0.717) is 22.2 Å². The number of halogens is 2. The third-order valence-corrected chi connectivity index (χ3v) is 7.24. The Morgan fingerprint density at radius 2 is 1.63 bits per heavy atom. The molecule has 1 N–H and O–H groups in total. The van der Waals surface area contributed by atoms with Gasteiger partial charge in [0.2, 0.25) is 11.8 Å². The Labute approximate surface area is 220 Å². The van der Waals surface area contributed by atoms with Crippen LogP contribution in [0.25, 0.3) is 0 Å². The van der Waals surface area contributed by atoms with E-state index in [1.54, 1.807) is 31.2 Å². The van der Waals surface area contributed by atoms with Crippen LogP contribution in [0.5, 0.6) is 5.75 Å². The summed E-state index contributed by atoms with van der Waals surface area (Å²) in [6, 6.07) is 22.0. The highest BCUT2D eigenvalue weighted by Gasteiger charge is 2.29. The molecule has 0 spiro atoms. The van der Waals surface area contributed by atoms with E-state index in [2.05, 4.69) is 5.32 Å². The molecule has 184 valence electrons. The molecule has 0 aromatic heterocycles. The van der Waals surface area contributed by atoms with Crippen molar-refractivity contribution in [1.82, 2.24) is 10.2 Å². The van der Waals surface area contributed by atoms with E-state index in [9.17, 15) is 9.59 Å². The van der Waals surface area contributed by atoms with Gasteiger partial charge in [0.1, 0.15) is 11.8 Å². The van der Waals surface area contributed by atoms with Crippen LogP contribution < -0.4 is 10.1 Å². The summed E-state index contributed by atoms with van der Waals surface area (Å²) in [6.45, 7) is 0.240. The molecule has 3 aromatic carbocycles. The van der Waals surface area contributed by atoms with Crippen molar-refractivity contribution in [3.8, 4) is 5.75 Å². The van der Waals surface area contributed by atoms with Crippen LogP contribution >= 0.6 is 35.0 Å². The number of hydrogen-bond donors (Lipinski definition) is 1. The van der Waals surface area contributed by atoms with Crippen LogP contribution in [0.4, 0.5) is 0 Å². The third kappa shape index (κ3) is 7.92. The molecule has 8 heteroatoms. The molecule has 3 aromatic rings. The number of ether oxygens (including phenoxy) is 1. The van der Waals surface area contributed by atoms with Crippen LogP contribution in [0, 0.1) is 0 Å². The maximum Gasteiger partial charge on any atom is 0.242 e. The number of carbonyl (C=O) groups is 2. The molecule has 0 saturated carbocycles. The molecule has 0 radical (unpaired) electrons. The largest absolute Gasteiger partial charge is 0.497 e. The van der Waals surface area contributed by atoms with Crippen LogP contribution in [0.15, 0.2) is 72.8 Å². The molecule has 0 aliphatic heterocycles. The fourth-order valence-electron chi connectivity index (χ4n) is 3.62. The van der Waals surface area contributed by atoms with Crippen molar-refractivity contribution in [3.05, 3.63) is 99.5 Å². The zero-order valence-corrected chi connectivity index (χ0v) is 22.0. The van der Waals surface area contributed by atoms with Gasteiger partial charge in [-0.15, -0.1) is 11.8 Å². The lowest BCUT2D eigenvalue weighted by molar-refractivity contribution is -0.139. The molecule has 3 rings (SSSR count). The van der Waals surface area contributed by atoms with Crippen LogP contribution in [0.2, 0.25) is 10.0 Å². The van der Waals surface area contributed by atoms with E-state index < -0.39 is 6.04 Å². The number of hydrogen-bond acceptors (Lipinski definition) is 4. The van der Waals surface area contributed by atoms with Gasteiger partial charge < -0.3 is 15.0 Å². The quantitative estimate of drug-likeness (QED) is 0.349. The number of amides is 2. The van der Waals surface area contributed by atoms with E-state index in [0.717, 1.165) is 22.4 Å². The second-order valence-electron chi connectivity index (χ2n) is 7.93. The predicted molar refractivity (Wildman–Crippen MR) is 144 cm³/mol. The lowest BCUT2D eigenvalue weighted by Crippen LogP contribution is -2.50. The van der Waals surface area contributed by atoms with Gasteiger partial charge in [-0.1, -0.05) is 71.7 Å². The minimum absolute atomic E-state index is 0.126. The highest BCUT2D eigenvalue weighted by Crippen LogP contribution is 2.25. The smallest absolute Gasteiger partial charge is 0.242 e. The molecule has 0 saturated heterocycles. The van der Waals surface area contributed by atoms with Gasteiger partial charge in [-0.25, -0.2) is 0 Å². The number of nitrogens with one attached hydrogen (secondary N) is 1. The molecule has 0 aliphatic rings. The number of thioether (sulfide) groups is 1. The fraction of sp³-hybridized carbons (Fsp3) is 0.259. The van der Waals surface area contributed by atoms with E-state index >= 15 is 0 Å². The molecule has 0 heterocycles. The SMILES string of the molecule is CNC(=O)[C@H](Cc1ccccc1)N(Cc1ccc(Cl)c(Cl)c1)C(=O)CSCc1ccc(OC)cc1. The van der Waals surface area contributed by atoms with Gasteiger partial charge in [-0.05, 0) is 41.0 Å². The summed E-state index contributed by atoms with van der Waals surface area (Å²) in [5.74, 6) is 1.34. The minimum Gasteiger partial charge on any atom is -0.497 e. The van der Waals surface area contributed by atoms with E-state index in [-0.39, 0.29) is 24.1 Å². The topological polar surface area (TPSA) is 58.6 Å². The standard InChI is InChI=1S/C27H28Cl2N2O3S/c1-30-27(33)25(15-19-6-4-3-5-7-19)31(16-21-10-13-23(28)24(29)14-21)26(32)18-35-17-20-8-11-22(34-2)12-9-20/h3-14,25H,15-18H2,1-2H3,(H,30,33)/t25-/m0/s1. The lowest BCUT2D eigenvalue weighted by Gasteiger charge is -2.31. The number of rotatable bonds is 11. The van der Waals surface area contributed by atoms with Crippen LogP contribution in [-0.2, 0) is 28.3 Å². The Bertz CT molecular complexity index is 1130. The van der Waals surface area contributed by atoms with Crippen molar-refractivity contribution >= 4 is 46.8 Å². The first-order chi connectivity index (χ1) is 16.9. The number of nitrogens with zero attached hydrogens (tertiary/aromatic N) is 1. The Hall–Kier alpha value is -2.67. The Kier molecular flexibility index (Phi) is 10.3. The number of methoxy groups -OCH3 is 1. The van der Waals surface area contributed by atoms with Gasteiger partial charge in [0.25, 0.3) is 0 Å². The number of carbonyl (C=O) groups excluding carboxylic acids is 2. The lowest BCUT2D eigenvalue weighted by atomic mass is 10.0. The summed E-state index contributed by atoms with van der Waals surface area (Å²) in [7, 11) is 3.21. The van der Waals surface area contributed by atoms with Gasteiger partial charge in [-0.3, -0.25) is 9.59 Å². The monoisotopic (exact) mass is 530 g/mol. The zero-order chi connectivity index (χ0) is 25.2. The molecule has 5 nitrogen and oxygen atoms in total. The van der Waals surface area contributed by atoms with Crippen LogP contribution in [0.1, 0.15) is 16.7 Å². The highest BCUT2D eigenvalue weighted by molar-refractivity contribution is 7.99. The van der Waals surface area contributed by atoms with Gasteiger partial charge in [0, 0.05) is 25.8 Å². The zero-order valence-electron chi connectivity index (χ0n) is 19.7. The van der Waals surface area contributed by atoms with Gasteiger partial charge in [-0.2, -0.15) is 0 Å². The Balaban J connectivity index is 1.80. The minimum atomic E-state index is -0.675. The van der Waals surface area contributed by atoms with Gasteiger partial charge in [0.15, 0.2) is 0 Å². The summed E-state index contributed by atoms with van der Waals surface area (Å²) < 4.78 is 5.20. The van der Waals surface area contributed by atoms with Crippen molar-refractivity contribution in [3.63, 3.8) is 0 Å². The summed E-state index contributed by atoms with van der Waals surface area (Å²) in [5, 5.41) is 3.57. The van der Waals surface area contributed by atoms with Crippen molar-refractivity contribution < 1.29 is 14.3 Å². The average Bonchev–Trinajstić information content (AvgIpc) is 2.88. The molecule has 1 atom stereocenters. The normalized spacial score (nSPS) is 11.5. The van der Waals surface area contributed by atoms with E-state index in [1.807, 2.05) is 60.7 Å². The molecule has 35 heavy (non-hydrogen) atoms.